The summed E-state index contributed by atoms with van der Waals surface area (Å²) in [5.41, 5.74) is 1.43. The molecule has 2 nitrogen and oxygen atoms in total. The number of hydrogen-bond acceptors (Lipinski definition) is 4. The van der Waals surface area contributed by atoms with Crippen LogP contribution in [0, 0.1) is 0 Å². The van der Waals surface area contributed by atoms with E-state index in [0.29, 0.717) is 11.3 Å². The van der Waals surface area contributed by atoms with Gasteiger partial charge in [-0.05, 0) is 13.0 Å². The van der Waals surface area contributed by atoms with Crippen molar-refractivity contribution in [2.45, 2.75) is 11.8 Å². The third-order valence-corrected chi connectivity index (χ3v) is 4.98. The van der Waals surface area contributed by atoms with Gasteiger partial charge in [0.2, 0.25) is 0 Å². The first-order valence-corrected chi connectivity index (χ1v) is 8.48. The summed E-state index contributed by atoms with van der Waals surface area (Å²) in [6, 6.07) is 16.7. The Morgan fingerprint density at radius 2 is 1.60 bits per heavy atom. The maximum absolute atomic E-state index is 12.0. The average molecular weight is 302 g/mol. The van der Waals surface area contributed by atoms with Crippen LogP contribution in [-0.2, 0) is 0 Å². The van der Waals surface area contributed by atoms with Gasteiger partial charge in [0.05, 0.1) is 5.75 Å². The fourth-order valence-corrected chi connectivity index (χ4v) is 3.89. The molecule has 0 aromatic heterocycles. The molecule has 0 bridgehead atoms. The highest BCUT2D eigenvalue weighted by molar-refractivity contribution is 8.76. The molecule has 0 spiro atoms. The van der Waals surface area contributed by atoms with Crippen LogP contribution in [0.3, 0.4) is 0 Å². The topological polar surface area (TPSA) is 34.1 Å². The van der Waals surface area contributed by atoms with Crippen molar-refractivity contribution < 1.29 is 9.59 Å². The van der Waals surface area contributed by atoms with Crippen LogP contribution in [0.5, 0.6) is 0 Å². The average Bonchev–Trinajstić information content (AvgIpc) is 2.48. The van der Waals surface area contributed by atoms with Crippen molar-refractivity contribution in [1.82, 2.24) is 0 Å². The monoisotopic (exact) mass is 302 g/mol. The first kappa shape index (κ1) is 14.9. The number of Topliss-reactive ketones (excluding diaryl/α,β-unsaturated/α-hetero) is 2. The number of carbonyl (C=O) groups excluding carboxylic acids is 2. The largest absolute Gasteiger partial charge is 0.294 e. The zero-order chi connectivity index (χ0) is 14.4. The Morgan fingerprint density at radius 3 is 2.30 bits per heavy atom. The number of hydrogen-bond donors (Lipinski definition) is 0. The molecule has 20 heavy (non-hydrogen) atoms. The second-order valence-electron chi connectivity index (χ2n) is 4.19. The zero-order valence-corrected chi connectivity index (χ0v) is 12.7. The molecule has 2 rings (SSSR count). The second-order valence-corrected chi connectivity index (χ2v) is 6.53. The number of benzene rings is 2. The molecule has 0 heterocycles. The van der Waals surface area contributed by atoms with Crippen molar-refractivity contribution in [2.75, 3.05) is 5.75 Å². The molecular weight excluding hydrogens is 288 g/mol. The quantitative estimate of drug-likeness (QED) is 0.580. The lowest BCUT2D eigenvalue weighted by Crippen LogP contribution is -2.01. The van der Waals surface area contributed by atoms with Crippen molar-refractivity contribution >= 4 is 33.2 Å². The van der Waals surface area contributed by atoms with Gasteiger partial charge in [-0.1, -0.05) is 70.1 Å². The summed E-state index contributed by atoms with van der Waals surface area (Å²) in [4.78, 5) is 24.4. The molecule has 4 heteroatoms. The summed E-state index contributed by atoms with van der Waals surface area (Å²) >= 11 is 0. The minimum Gasteiger partial charge on any atom is -0.294 e. The maximum Gasteiger partial charge on any atom is 0.173 e. The summed E-state index contributed by atoms with van der Waals surface area (Å²) in [5, 5.41) is 0. The van der Waals surface area contributed by atoms with Gasteiger partial charge in [-0.2, -0.15) is 0 Å². The smallest absolute Gasteiger partial charge is 0.173 e. The summed E-state index contributed by atoms with van der Waals surface area (Å²) < 4.78 is 0. The molecule has 0 aliphatic carbocycles. The molecule has 0 fully saturated rings. The molecular formula is C16H14O2S2. The number of rotatable bonds is 6. The van der Waals surface area contributed by atoms with E-state index in [-0.39, 0.29) is 11.6 Å². The fourth-order valence-electron chi connectivity index (χ4n) is 1.68. The van der Waals surface area contributed by atoms with Crippen LogP contribution in [0.4, 0.5) is 0 Å². The lowest BCUT2D eigenvalue weighted by atomic mass is 10.1. The summed E-state index contributed by atoms with van der Waals surface area (Å²) in [5.74, 6) is 0.535. The lowest BCUT2D eigenvalue weighted by Gasteiger charge is -2.05. The zero-order valence-electron chi connectivity index (χ0n) is 11.0. The van der Waals surface area contributed by atoms with Gasteiger partial charge >= 0.3 is 0 Å². The highest BCUT2D eigenvalue weighted by Gasteiger charge is 2.09. The van der Waals surface area contributed by atoms with Crippen molar-refractivity contribution in [3.8, 4) is 0 Å². The fraction of sp³-hybridized carbons (Fsp3) is 0.125. The highest BCUT2D eigenvalue weighted by atomic mass is 33.1. The van der Waals surface area contributed by atoms with Gasteiger partial charge in [-0.15, -0.1) is 0 Å². The van der Waals surface area contributed by atoms with Gasteiger partial charge < -0.3 is 0 Å². The van der Waals surface area contributed by atoms with E-state index in [4.69, 9.17) is 0 Å². The maximum atomic E-state index is 12.0. The summed E-state index contributed by atoms with van der Waals surface area (Å²) in [6.45, 7) is 1.55. The van der Waals surface area contributed by atoms with E-state index in [2.05, 4.69) is 0 Å². The Balaban J connectivity index is 1.94. The predicted molar refractivity (Wildman–Crippen MR) is 85.5 cm³/mol. The molecule has 0 aliphatic heterocycles. The Hall–Kier alpha value is -1.52. The van der Waals surface area contributed by atoms with E-state index in [0.717, 1.165) is 10.5 Å². The second kappa shape index (κ2) is 7.31. The third-order valence-electron chi connectivity index (χ3n) is 2.70. The van der Waals surface area contributed by atoms with Gasteiger partial charge in [-0.25, -0.2) is 0 Å². The Labute approximate surface area is 126 Å². The van der Waals surface area contributed by atoms with Crippen LogP contribution in [0.25, 0.3) is 0 Å². The Bertz CT molecular complexity index is 609. The van der Waals surface area contributed by atoms with Crippen molar-refractivity contribution in [2.24, 2.45) is 0 Å². The van der Waals surface area contributed by atoms with Crippen LogP contribution >= 0.6 is 21.6 Å². The van der Waals surface area contributed by atoms with Crippen molar-refractivity contribution in [3.63, 3.8) is 0 Å². The van der Waals surface area contributed by atoms with Gasteiger partial charge in [-0.3, -0.25) is 9.59 Å². The van der Waals surface area contributed by atoms with Crippen molar-refractivity contribution in [3.05, 3.63) is 65.7 Å². The highest BCUT2D eigenvalue weighted by Crippen LogP contribution is 2.34. The van der Waals surface area contributed by atoms with Gasteiger partial charge in [0, 0.05) is 16.0 Å². The molecule has 0 aliphatic rings. The van der Waals surface area contributed by atoms with E-state index in [1.807, 2.05) is 54.6 Å². The van der Waals surface area contributed by atoms with Gasteiger partial charge in [0.25, 0.3) is 0 Å². The lowest BCUT2D eigenvalue weighted by molar-refractivity contribution is 0.101. The molecule has 0 amide bonds. The van der Waals surface area contributed by atoms with E-state index >= 15 is 0 Å². The predicted octanol–water partition coefficient (Wildman–Crippen LogP) is 4.51. The Kier molecular flexibility index (Phi) is 5.44. The number of carbonyl (C=O) groups is 2. The minimum absolute atomic E-state index is 0.0445. The molecule has 102 valence electrons. The molecule has 2 aromatic carbocycles. The molecule has 0 unspecified atom stereocenters. The SMILES string of the molecule is CC(=O)c1ccccc1SSCC(=O)c1ccccc1. The molecule has 0 atom stereocenters. The first-order valence-electron chi connectivity index (χ1n) is 6.16. The molecule has 2 aromatic rings. The van der Waals surface area contributed by atoms with E-state index in [9.17, 15) is 9.59 Å². The van der Waals surface area contributed by atoms with E-state index < -0.39 is 0 Å². The van der Waals surface area contributed by atoms with Crippen LogP contribution in [0.1, 0.15) is 27.6 Å². The molecule has 0 saturated carbocycles. The van der Waals surface area contributed by atoms with Crippen molar-refractivity contribution in [1.29, 1.82) is 0 Å². The normalized spacial score (nSPS) is 10.2. The van der Waals surface area contributed by atoms with Gasteiger partial charge in [0.15, 0.2) is 11.6 Å². The summed E-state index contributed by atoms with van der Waals surface area (Å²) in [6.07, 6.45) is 0. The molecule has 0 N–H and O–H groups in total. The van der Waals surface area contributed by atoms with Gasteiger partial charge in [0.1, 0.15) is 0 Å². The number of ketones is 2. The summed E-state index contributed by atoms with van der Waals surface area (Å²) in [7, 11) is 2.93. The van der Waals surface area contributed by atoms with Crippen LogP contribution in [0.2, 0.25) is 0 Å². The van der Waals surface area contributed by atoms with Crippen LogP contribution in [-0.4, -0.2) is 17.3 Å². The van der Waals surface area contributed by atoms with E-state index in [1.54, 1.807) is 6.92 Å². The van der Waals surface area contributed by atoms with Crippen LogP contribution in [0.15, 0.2) is 59.5 Å². The third kappa shape index (κ3) is 3.99. The minimum atomic E-state index is 0.0445. The van der Waals surface area contributed by atoms with Crippen LogP contribution < -0.4 is 0 Å². The molecule has 0 saturated heterocycles. The molecule has 0 radical (unpaired) electrons. The first-order chi connectivity index (χ1) is 9.68. The van der Waals surface area contributed by atoms with E-state index in [1.165, 1.54) is 21.6 Å². The standard InChI is InChI=1S/C16H14O2S2/c1-12(17)14-9-5-6-10-16(14)20-19-11-15(18)13-7-3-2-4-8-13/h2-10H,11H2,1H3. The Morgan fingerprint density at radius 1 is 0.950 bits per heavy atom.